The van der Waals surface area contributed by atoms with Crippen molar-refractivity contribution >= 4 is 0 Å². The van der Waals surface area contributed by atoms with Crippen molar-refractivity contribution in [1.29, 1.82) is 0 Å². The maximum absolute atomic E-state index is 10.1. The van der Waals surface area contributed by atoms with Crippen LogP contribution in [-0.2, 0) is 20.1 Å². The van der Waals surface area contributed by atoms with E-state index in [9.17, 15) is 10.2 Å². The molecule has 3 aromatic rings. The van der Waals surface area contributed by atoms with Gasteiger partial charge >= 0.3 is 0 Å². The van der Waals surface area contributed by atoms with Gasteiger partial charge in [-0.15, -0.1) is 5.06 Å². The molecule has 24 heavy (non-hydrogen) atoms. The Morgan fingerprint density at radius 3 is 1.79 bits per heavy atom. The van der Waals surface area contributed by atoms with E-state index in [1.807, 2.05) is 60.7 Å². The molecule has 0 saturated carbocycles. The average Bonchev–Trinajstić information content (AvgIpc) is 2.84. The Labute approximate surface area is 140 Å². The van der Waals surface area contributed by atoms with Crippen LogP contribution in [-0.4, -0.2) is 19.8 Å². The summed E-state index contributed by atoms with van der Waals surface area (Å²) in [7, 11) is 1.57. The third-order valence-corrected chi connectivity index (χ3v) is 3.77. The summed E-state index contributed by atoms with van der Waals surface area (Å²) in [5, 5.41) is 21.5. The van der Waals surface area contributed by atoms with Gasteiger partial charge in [-0.3, -0.25) is 4.57 Å². The van der Waals surface area contributed by atoms with E-state index in [-0.39, 0.29) is 17.5 Å². The Kier molecular flexibility index (Phi) is 4.72. The fourth-order valence-electron chi connectivity index (χ4n) is 2.45. The van der Waals surface area contributed by atoms with Crippen molar-refractivity contribution in [2.45, 2.75) is 13.1 Å². The van der Waals surface area contributed by atoms with Crippen LogP contribution in [0.2, 0.25) is 0 Å². The lowest BCUT2D eigenvalue weighted by molar-refractivity contribution is -0.0775. The molecule has 0 aliphatic heterocycles. The summed E-state index contributed by atoms with van der Waals surface area (Å²) in [4.78, 5) is 5.86. The number of hydrogen-bond donors (Lipinski definition) is 2. The fourth-order valence-corrected chi connectivity index (χ4v) is 2.45. The first-order valence-electron chi connectivity index (χ1n) is 7.72. The number of hydroxylamine groups is 2. The van der Waals surface area contributed by atoms with Crippen LogP contribution in [0.3, 0.4) is 0 Å². The predicted octanol–water partition coefficient (Wildman–Crippen LogP) is 3.43. The molecular formula is C19H20N2O3. The van der Waals surface area contributed by atoms with Crippen LogP contribution in [0.4, 0.5) is 0 Å². The van der Waals surface area contributed by atoms with Crippen LogP contribution >= 0.6 is 0 Å². The first-order valence-corrected chi connectivity index (χ1v) is 7.72. The Balaban J connectivity index is 1.82. The first-order chi connectivity index (χ1) is 11.6. The van der Waals surface area contributed by atoms with Crippen molar-refractivity contribution in [2.24, 2.45) is 7.05 Å². The second-order valence-corrected chi connectivity index (χ2v) is 5.61. The Morgan fingerprint density at radius 2 is 1.38 bits per heavy atom. The first kappa shape index (κ1) is 16.0. The zero-order valence-corrected chi connectivity index (χ0v) is 13.5. The maximum Gasteiger partial charge on any atom is 0.240 e. The molecule has 0 aliphatic rings. The molecule has 0 bridgehead atoms. The molecule has 0 unspecified atom stereocenters. The second-order valence-electron chi connectivity index (χ2n) is 5.61. The molecule has 0 aliphatic carbocycles. The van der Waals surface area contributed by atoms with Crippen molar-refractivity contribution in [3.63, 3.8) is 0 Å². The van der Waals surface area contributed by atoms with E-state index in [1.54, 1.807) is 12.1 Å². The monoisotopic (exact) mass is 324 g/mol. The van der Waals surface area contributed by atoms with Gasteiger partial charge in [-0.1, -0.05) is 60.7 Å². The van der Waals surface area contributed by atoms with Crippen molar-refractivity contribution < 1.29 is 15.1 Å². The molecule has 0 fully saturated rings. The van der Waals surface area contributed by atoms with E-state index >= 15 is 0 Å². The van der Waals surface area contributed by atoms with Gasteiger partial charge in [0.2, 0.25) is 11.6 Å². The van der Waals surface area contributed by atoms with Crippen molar-refractivity contribution in [1.82, 2.24) is 9.63 Å². The van der Waals surface area contributed by atoms with Gasteiger partial charge in [-0.05, 0) is 11.1 Å². The van der Waals surface area contributed by atoms with E-state index in [2.05, 4.69) is 0 Å². The highest BCUT2D eigenvalue weighted by Crippen LogP contribution is 2.34. The highest BCUT2D eigenvalue weighted by molar-refractivity contribution is 5.40. The van der Waals surface area contributed by atoms with Gasteiger partial charge in [0.25, 0.3) is 0 Å². The molecule has 5 heteroatoms. The molecule has 0 atom stereocenters. The van der Waals surface area contributed by atoms with E-state index < -0.39 is 0 Å². The minimum Gasteiger partial charge on any atom is -0.494 e. The SMILES string of the molecule is Cn1c(O)cc(ON(Cc2ccccc2)Cc2ccccc2)c1O. The van der Waals surface area contributed by atoms with Crippen LogP contribution in [0.5, 0.6) is 17.5 Å². The summed E-state index contributed by atoms with van der Waals surface area (Å²) in [6.45, 7) is 1.09. The molecule has 3 rings (SSSR count). The van der Waals surface area contributed by atoms with Crippen molar-refractivity contribution in [2.75, 3.05) is 0 Å². The van der Waals surface area contributed by atoms with E-state index in [1.165, 1.54) is 10.6 Å². The third kappa shape index (κ3) is 3.70. The fraction of sp³-hybridized carbons (Fsp3) is 0.158. The van der Waals surface area contributed by atoms with Crippen molar-refractivity contribution in [3.8, 4) is 17.5 Å². The van der Waals surface area contributed by atoms with Crippen LogP contribution in [0.25, 0.3) is 0 Å². The Hall–Kier alpha value is -2.92. The van der Waals surface area contributed by atoms with Crippen LogP contribution < -0.4 is 4.84 Å². The lowest BCUT2D eigenvalue weighted by Gasteiger charge is -2.22. The summed E-state index contributed by atoms with van der Waals surface area (Å²) >= 11 is 0. The van der Waals surface area contributed by atoms with Gasteiger partial charge in [0.1, 0.15) is 0 Å². The smallest absolute Gasteiger partial charge is 0.240 e. The zero-order chi connectivity index (χ0) is 16.9. The average molecular weight is 324 g/mol. The lowest BCUT2D eigenvalue weighted by atomic mass is 10.2. The maximum atomic E-state index is 10.1. The molecule has 1 aromatic heterocycles. The van der Waals surface area contributed by atoms with Gasteiger partial charge in [-0.2, -0.15) is 0 Å². The van der Waals surface area contributed by atoms with Crippen LogP contribution in [0, 0.1) is 0 Å². The molecule has 1 heterocycles. The number of nitrogens with zero attached hydrogens (tertiary/aromatic N) is 2. The summed E-state index contributed by atoms with van der Waals surface area (Å²) in [6, 6.07) is 21.3. The molecule has 0 radical (unpaired) electrons. The largest absolute Gasteiger partial charge is 0.494 e. The van der Waals surface area contributed by atoms with Gasteiger partial charge in [0.15, 0.2) is 5.88 Å². The zero-order valence-electron chi connectivity index (χ0n) is 13.5. The van der Waals surface area contributed by atoms with Crippen LogP contribution in [0.15, 0.2) is 66.7 Å². The Bertz CT molecular complexity index is 744. The highest BCUT2D eigenvalue weighted by atomic mass is 16.7. The number of hydrogen-bond acceptors (Lipinski definition) is 4. The van der Waals surface area contributed by atoms with E-state index in [4.69, 9.17) is 4.84 Å². The number of rotatable bonds is 6. The third-order valence-electron chi connectivity index (χ3n) is 3.77. The molecule has 2 aromatic carbocycles. The predicted molar refractivity (Wildman–Crippen MR) is 91.5 cm³/mol. The van der Waals surface area contributed by atoms with Crippen molar-refractivity contribution in [3.05, 3.63) is 77.9 Å². The van der Waals surface area contributed by atoms with Crippen LogP contribution in [0.1, 0.15) is 11.1 Å². The summed E-state index contributed by atoms with van der Waals surface area (Å²) in [5.41, 5.74) is 2.18. The Morgan fingerprint density at radius 1 is 0.875 bits per heavy atom. The molecule has 2 N–H and O–H groups in total. The molecule has 5 nitrogen and oxygen atoms in total. The molecule has 0 spiro atoms. The quantitative estimate of drug-likeness (QED) is 0.682. The summed E-state index contributed by atoms with van der Waals surface area (Å²) in [5.74, 6) is 0.0577. The van der Waals surface area contributed by atoms with Gasteiger partial charge < -0.3 is 15.1 Å². The molecule has 0 saturated heterocycles. The summed E-state index contributed by atoms with van der Waals surface area (Å²) in [6.07, 6.45) is 0. The van der Waals surface area contributed by atoms with E-state index in [0.29, 0.717) is 13.1 Å². The minimum absolute atomic E-state index is 0.0538. The summed E-state index contributed by atoms with van der Waals surface area (Å²) < 4.78 is 1.26. The standard InChI is InChI=1S/C19H20N2O3/c1-20-18(22)12-17(19(20)23)24-21(13-15-8-4-2-5-9-15)14-16-10-6-3-7-11-16/h2-12,22-23H,13-14H2,1H3. The van der Waals surface area contributed by atoms with E-state index in [0.717, 1.165) is 11.1 Å². The number of aromatic nitrogens is 1. The molecule has 0 amide bonds. The van der Waals surface area contributed by atoms with Gasteiger partial charge in [0, 0.05) is 13.1 Å². The van der Waals surface area contributed by atoms with Gasteiger partial charge in [-0.25, -0.2) is 0 Å². The highest BCUT2D eigenvalue weighted by Gasteiger charge is 2.17. The molecular weight excluding hydrogens is 304 g/mol. The number of benzene rings is 2. The second kappa shape index (κ2) is 7.10. The lowest BCUT2D eigenvalue weighted by Crippen LogP contribution is -2.26. The minimum atomic E-state index is -0.112. The topological polar surface area (TPSA) is 57.9 Å². The van der Waals surface area contributed by atoms with Gasteiger partial charge in [0.05, 0.1) is 13.1 Å². The number of aromatic hydroxyl groups is 2. The molecule has 124 valence electrons. The normalized spacial score (nSPS) is 10.9.